The highest BCUT2D eigenvalue weighted by Gasteiger charge is 2.24. The Morgan fingerprint density at radius 3 is 2.73 bits per heavy atom. The number of hydrogen-bond donors (Lipinski definition) is 1. The predicted octanol–water partition coefficient (Wildman–Crippen LogP) is 2.93. The van der Waals surface area contributed by atoms with Crippen molar-refractivity contribution < 1.29 is 10.0 Å². The zero-order valence-electron chi connectivity index (χ0n) is 16.8. The van der Waals surface area contributed by atoms with Crippen LogP contribution in [0.5, 0.6) is 0 Å². The third-order valence-corrected chi connectivity index (χ3v) is 5.45. The number of rotatable bonds is 6. The Kier molecular flexibility index (Phi) is 5.71. The minimum Gasteiger partial charge on any atom is -0.394 e. The molecule has 0 saturated carbocycles. The highest BCUT2D eigenvalue weighted by atomic mass is 16.6. The van der Waals surface area contributed by atoms with Crippen LogP contribution in [0.25, 0.3) is 11.4 Å². The number of nitro groups is 1. The highest BCUT2D eigenvalue weighted by Crippen LogP contribution is 2.31. The van der Waals surface area contributed by atoms with Gasteiger partial charge in [0.1, 0.15) is 5.82 Å². The van der Waals surface area contributed by atoms with Crippen molar-refractivity contribution in [1.29, 1.82) is 0 Å². The van der Waals surface area contributed by atoms with Crippen LogP contribution in [0.1, 0.15) is 30.1 Å². The number of aliphatic hydroxyl groups excluding tert-OH is 1. The zero-order valence-corrected chi connectivity index (χ0v) is 16.8. The molecule has 0 bridgehead atoms. The molecule has 1 saturated heterocycles. The number of hydrogen-bond acceptors (Lipinski definition) is 7. The standard InChI is InChI=1S/C21H24N6O3/c1-15-13-20(24-21(23-15)17-3-2-4-18(14-17)27(29)30)25-9-6-16(7-10-25)19-5-8-22-26(19)11-12-28/h2-5,8,13-14,16,28H,6-7,9-12H2,1H3. The number of piperidine rings is 1. The molecule has 0 aliphatic carbocycles. The van der Waals surface area contributed by atoms with Gasteiger partial charge < -0.3 is 10.0 Å². The van der Waals surface area contributed by atoms with Crippen molar-refractivity contribution >= 4 is 11.5 Å². The molecule has 4 rings (SSSR count). The number of aryl methyl sites for hydroxylation is 1. The van der Waals surface area contributed by atoms with Crippen LogP contribution >= 0.6 is 0 Å². The highest BCUT2D eigenvalue weighted by molar-refractivity contribution is 5.61. The molecule has 3 heterocycles. The second kappa shape index (κ2) is 8.58. The summed E-state index contributed by atoms with van der Waals surface area (Å²) in [5.41, 5.74) is 2.65. The summed E-state index contributed by atoms with van der Waals surface area (Å²) in [5.74, 6) is 1.73. The van der Waals surface area contributed by atoms with E-state index in [0.29, 0.717) is 23.9 Å². The second-order valence-electron chi connectivity index (χ2n) is 7.46. The smallest absolute Gasteiger partial charge is 0.270 e. The van der Waals surface area contributed by atoms with Crippen LogP contribution in [0.2, 0.25) is 0 Å². The maximum atomic E-state index is 11.1. The number of aliphatic hydroxyl groups is 1. The zero-order chi connectivity index (χ0) is 21.1. The van der Waals surface area contributed by atoms with Gasteiger partial charge in [0.05, 0.1) is 18.1 Å². The largest absolute Gasteiger partial charge is 0.394 e. The number of nitrogens with zero attached hydrogens (tertiary/aromatic N) is 6. The molecule has 2 aromatic heterocycles. The molecular formula is C21H24N6O3. The minimum absolute atomic E-state index is 0.0273. The predicted molar refractivity (Wildman–Crippen MR) is 112 cm³/mol. The maximum absolute atomic E-state index is 11.1. The third kappa shape index (κ3) is 4.16. The van der Waals surface area contributed by atoms with Gasteiger partial charge in [-0.1, -0.05) is 12.1 Å². The number of benzene rings is 1. The fourth-order valence-corrected chi connectivity index (χ4v) is 3.98. The monoisotopic (exact) mass is 408 g/mol. The van der Waals surface area contributed by atoms with Crippen LogP contribution in [0, 0.1) is 17.0 Å². The summed E-state index contributed by atoms with van der Waals surface area (Å²) in [6, 6.07) is 10.4. The average molecular weight is 408 g/mol. The van der Waals surface area contributed by atoms with Gasteiger partial charge >= 0.3 is 0 Å². The first-order valence-corrected chi connectivity index (χ1v) is 10.0. The first-order chi connectivity index (χ1) is 14.5. The molecule has 1 aromatic carbocycles. The first kappa shape index (κ1) is 20.0. The lowest BCUT2D eigenvalue weighted by Gasteiger charge is -2.33. The normalized spacial score (nSPS) is 14.8. The van der Waals surface area contributed by atoms with Crippen LogP contribution in [-0.4, -0.2) is 49.5 Å². The van der Waals surface area contributed by atoms with Gasteiger partial charge in [-0.05, 0) is 25.8 Å². The van der Waals surface area contributed by atoms with Crippen LogP contribution < -0.4 is 4.90 Å². The Labute approximate surface area is 174 Å². The molecule has 0 atom stereocenters. The van der Waals surface area contributed by atoms with E-state index < -0.39 is 4.92 Å². The van der Waals surface area contributed by atoms with Crippen molar-refractivity contribution in [2.45, 2.75) is 32.2 Å². The Morgan fingerprint density at radius 2 is 2.00 bits per heavy atom. The summed E-state index contributed by atoms with van der Waals surface area (Å²) in [7, 11) is 0. The number of non-ortho nitro benzene ring substituents is 1. The fourth-order valence-electron chi connectivity index (χ4n) is 3.98. The fraction of sp³-hybridized carbons (Fsp3) is 0.381. The lowest BCUT2D eigenvalue weighted by molar-refractivity contribution is -0.384. The molecule has 0 amide bonds. The van der Waals surface area contributed by atoms with E-state index >= 15 is 0 Å². The van der Waals surface area contributed by atoms with Crippen LogP contribution in [0.15, 0.2) is 42.6 Å². The van der Waals surface area contributed by atoms with Gasteiger partial charge in [0.2, 0.25) is 0 Å². The molecule has 1 aliphatic rings. The summed E-state index contributed by atoms with van der Waals surface area (Å²) in [6.45, 7) is 4.19. The topological polar surface area (TPSA) is 110 Å². The first-order valence-electron chi connectivity index (χ1n) is 10.0. The molecule has 0 spiro atoms. The molecule has 1 N–H and O–H groups in total. The number of nitro benzene ring substituents is 1. The Hall–Kier alpha value is -3.33. The van der Waals surface area contributed by atoms with Crippen molar-refractivity contribution in [3.63, 3.8) is 0 Å². The van der Waals surface area contributed by atoms with Crippen molar-refractivity contribution in [3.05, 3.63) is 64.1 Å². The van der Waals surface area contributed by atoms with Gasteiger partial charge in [-0.25, -0.2) is 9.97 Å². The van der Waals surface area contributed by atoms with E-state index in [1.54, 1.807) is 18.3 Å². The van der Waals surface area contributed by atoms with Gasteiger partial charge in [0.25, 0.3) is 5.69 Å². The third-order valence-electron chi connectivity index (χ3n) is 5.45. The van der Waals surface area contributed by atoms with E-state index in [0.717, 1.165) is 37.4 Å². The van der Waals surface area contributed by atoms with Crippen molar-refractivity contribution in [1.82, 2.24) is 19.7 Å². The molecule has 1 fully saturated rings. The van der Waals surface area contributed by atoms with Gasteiger partial charge in [-0.2, -0.15) is 5.10 Å². The molecule has 30 heavy (non-hydrogen) atoms. The summed E-state index contributed by atoms with van der Waals surface area (Å²) in [4.78, 5) is 22.1. The molecule has 156 valence electrons. The lowest BCUT2D eigenvalue weighted by atomic mass is 9.93. The SMILES string of the molecule is Cc1cc(N2CCC(c3ccnn3CCO)CC2)nc(-c2cccc([N+](=O)[O-])c2)n1. The van der Waals surface area contributed by atoms with E-state index in [1.807, 2.05) is 23.7 Å². The van der Waals surface area contributed by atoms with Crippen molar-refractivity contribution in [2.24, 2.45) is 0 Å². The summed E-state index contributed by atoms with van der Waals surface area (Å²) < 4.78 is 1.88. The number of aromatic nitrogens is 4. The Balaban J connectivity index is 1.52. The van der Waals surface area contributed by atoms with E-state index in [4.69, 9.17) is 4.98 Å². The molecule has 9 heteroatoms. The minimum atomic E-state index is -0.410. The van der Waals surface area contributed by atoms with Crippen LogP contribution in [0.3, 0.4) is 0 Å². The lowest BCUT2D eigenvalue weighted by Crippen LogP contribution is -2.34. The van der Waals surface area contributed by atoms with E-state index in [2.05, 4.69) is 15.0 Å². The Morgan fingerprint density at radius 1 is 1.20 bits per heavy atom. The van der Waals surface area contributed by atoms with Crippen LogP contribution in [0.4, 0.5) is 11.5 Å². The molecular weight excluding hydrogens is 384 g/mol. The van der Waals surface area contributed by atoms with Gasteiger partial charge in [0, 0.05) is 60.4 Å². The van der Waals surface area contributed by atoms with Gasteiger partial charge in [-0.15, -0.1) is 0 Å². The second-order valence-corrected chi connectivity index (χ2v) is 7.46. The van der Waals surface area contributed by atoms with Gasteiger partial charge in [-0.3, -0.25) is 14.8 Å². The summed E-state index contributed by atoms with van der Waals surface area (Å²) in [6.07, 6.45) is 3.72. The van der Waals surface area contributed by atoms with E-state index in [-0.39, 0.29) is 12.3 Å². The van der Waals surface area contributed by atoms with Crippen LogP contribution in [-0.2, 0) is 6.54 Å². The quantitative estimate of drug-likeness (QED) is 0.493. The Bertz CT molecular complexity index is 1040. The maximum Gasteiger partial charge on any atom is 0.270 e. The molecule has 1 aliphatic heterocycles. The molecule has 0 unspecified atom stereocenters. The van der Waals surface area contributed by atoms with Gasteiger partial charge in [0.15, 0.2) is 5.82 Å². The molecule has 0 radical (unpaired) electrons. The summed E-state index contributed by atoms with van der Waals surface area (Å²) in [5, 5.41) is 24.6. The van der Waals surface area contributed by atoms with Crippen molar-refractivity contribution in [3.8, 4) is 11.4 Å². The summed E-state index contributed by atoms with van der Waals surface area (Å²) >= 11 is 0. The number of anilines is 1. The van der Waals surface area contributed by atoms with E-state index in [9.17, 15) is 15.2 Å². The van der Waals surface area contributed by atoms with E-state index in [1.165, 1.54) is 17.8 Å². The molecule has 9 nitrogen and oxygen atoms in total. The average Bonchev–Trinajstić information content (AvgIpc) is 3.22. The van der Waals surface area contributed by atoms with Crippen molar-refractivity contribution in [2.75, 3.05) is 24.6 Å². The molecule has 3 aromatic rings.